The van der Waals surface area contributed by atoms with Gasteiger partial charge in [-0.3, -0.25) is 4.79 Å². The number of carbonyl (C=O) groups is 1. The van der Waals surface area contributed by atoms with E-state index in [4.69, 9.17) is 0 Å². The van der Waals surface area contributed by atoms with E-state index >= 15 is 0 Å². The number of fused-ring (bicyclic) bond motifs is 2. The number of hydrogen-bond acceptors (Lipinski definition) is 2. The third-order valence-corrected chi connectivity index (χ3v) is 4.68. The maximum absolute atomic E-state index is 10.4. The molecule has 2 aliphatic carbocycles. The van der Waals surface area contributed by atoms with Gasteiger partial charge in [0.15, 0.2) is 0 Å². The van der Waals surface area contributed by atoms with Gasteiger partial charge in [-0.15, -0.1) is 0 Å². The van der Waals surface area contributed by atoms with Crippen molar-refractivity contribution in [1.29, 1.82) is 0 Å². The van der Waals surface area contributed by atoms with Crippen LogP contribution in [0.15, 0.2) is 18.3 Å². The number of hydrogen-bond donors (Lipinski definition) is 1. The van der Waals surface area contributed by atoms with Crippen molar-refractivity contribution in [1.82, 2.24) is 15.1 Å². The Morgan fingerprint density at radius 2 is 1.86 bits per heavy atom. The lowest BCUT2D eigenvalue weighted by molar-refractivity contribution is -0.109. The second-order valence-corrected chi connectivity index (χ2v) is 5.96. The molecule has 0 saturated heterocycles. The van der Waals surface area contributed by atoms with E-state index in [-0.39, 0.29) is 0 Å². The van der Waals surface area contributed by atoms with Gasteiger partial charge in [-0.25, -0.2) is 4.68 Å². The molecule has 2 aromatic rings. The van der Waals surface area contributed by atoms with E-state index < -0.39 is 0 Å². The molecule has 0 bridgehead atoms. The minimum absolute atomic E-state index is 0.494. The van der Waals surface area contributed by atoms with Crippen molar-refractivity contribution in [3.8, 4) is 5.69 Å². The van der Waals surface area contributed by atoms with Crippen molar-refractivity contribution in [2.45, 2.75) is 45.1 Å². The summed E-state index contributed by atoms with van der Waals surface area (Å²) >= 11 is 0. The van der Waals surface area contributed by atoms with Gasteiger partial charge in [0.1, 0.15) is 0 Å². The Morgan fingerprint density at radius 1 is 1.14 bits per heavy atom. The van der Waals surface area contributed by atoms with E-state index in [1.807, 2.05) is 16.9 Å². The quantitative estimate of drug-likeness (QED) is 0.872. The predicted molar refractivity (Wildman–Crippen MR) is 80.5 cm³/mol. The number of aryl methyl sites for hydroxylation is 2. The van der Waals surface area contributed by atoms with Crippen LogP contribution in [0.1, 0.15) is 40.8 Å². The fraction of sp³-hybridized carbons (Fsp3) is 0.412. The molecule has 1 aromatic carbocycles. The summed E-state index contributed by atoms with van der Waals surface area (Å²) in [7, 11) is 0. The van der Waals surface area contributed by atoms with Gasteiger partial charge in [0.05, 0.1) is 17.9 Å². The Balaban J connectivity index is 1.81. The van der Waals surface area contributed by atoms with Gasteiger partial charge in [0.25, 0.3) is 0 Å². The molecular formula is C17H19N3O. The Bertz CT molecular complexity index is 670. The first-order valence-corrected chi connectivity index (χ1v) is 7.75. The topological polar surface area (TPSA) is 46.9 Å². The fourth-order valence-electron chi connectivity index (χ4n) is 3.79. The molecule has 1 heterocycles. The molecule has 0 fully saturated rings. The number of benzene rings is 1. The number of nitrogens with one attached hydrogen (secondary N) is 1. The summed E-state index contributed by atoms with van der Waals surface area (Å²) in [5.74, 6) is 0. The Labute approximate surface area is 124 Å². The second kappa shape index (κ2) is 5.02. The smallest absolute Gasteiger partial charge is 0.207 e. The normalized spacial score (nSPS) is 15.8. The summed E-state index contributed by atoms with van der Waals surface area (Å²) in [5.41, 5.74) is 8.27. The maximum Gasteiger partial charge on any atom is 0.207 e. The molecule has 1 N–H and O–H groups in total. The van der Waals surface area contributed by atoms with Crippen molar-refractivity contribution in [2.75, 3.05) is 0 Å². The van der Waals surface area contributed by atoms with Crippen molar-refractivity contribution in [3.05, 3.63) is 46.3 Å². The van der Waals surface area contributed by atoms with Crippen LogP contribution < -0.4 is 5.32 Å². The van der Waals surface area contributed by atoms with Gasteiger partial charge in [0, 0.05) is 6.20 Å². The molecular weight excluding hydrogens is 262 g/mol. The van der Waals surface area contributed by atoms with Gasteiger partial charge in [0.2, 0.25) is 6.41 Å². The van der Waals surface area contributed by atoms with Crippen LogP contribution in [-0.2, 0) is 37.0 Å². The molecule has 21 heavy (non-hydrogen) atoms. The summed E-state index contributed by atoms with van der Waals surface area (Å²) in [5, 5.41) is 7.35. The molecule has 1 amide bonds. The van der Waals surface area contributed by atoms with Crippen molar-refractivity contribution in [3.63, 3.8) is 0 Å². The van der Waals surface area contributed by atoms with Gasteiger partial charge >= 0.3 is 0 Å². The van der Waals surface area contributed by atoms with Crippen LogP contribution in [0.5, 0.6) is 0 Å². The zero-order valence-corrected chi connectivity index (χ0v) is 12.1. The summed E-state index contributed by atoms with van der Waals surface area (Å²) in [6, 6.07) is 4.43. The monoisotopic (exact) mass is 281 g/mol. The summed E-state index contributed by atoms with van der Waals surface area (Å²) in [6.07, 6.45) is 10.0. The fourth-order valence-corrected chi connectivity index (χ4v) is 3.79. The van der Waals surface area contributed by atoms with Crippen molar-refractivity contribution < 1.29 is 4.79 Å². The predicted octanol–water partition coefficient (Wildman–Crippen LogP) is 2.10. The van der Waals surface area contributed by atoms with Gasteiger partial charge in [-0.2, -0.15) is 5.10 Å². The standard InChI is InChI=1S/C17H19N3O/c21-11-18-10-14-7-8-20(19-14)17-15-5-1-3-12(15)9-13-4-2-6-16(13)17/h7-9,11H,1-6,10H2,(H,18,21). The highest BCUT2D eigenvalue weighted by molar-refractivity contribution is 5.58. The van der Waals surface area contributed by atoms with E-state index in [0.717, 1.165) is 12.1 Å². The molecule has 2 aliphatic rings. The average Bonchev–Trinajstić information content (AvgIpc) is 3.22. The van der Waals surface area contributed by atoms with E-state index in [9.17, 15) is 4.79 Å². The lowest BCUT2D eigenvalue weighted by atomic mass is 9.99. The van der Waals surface area contributed by atoms with Crippen molar-refractivity contribution in [2.24, 2.45) is 0 Å². The number of amides is 1. The van der Waals surface area contributed by atoms with Crippen LogP contribution in [0.4, 0.5) is 0 Å². The van der Waals surface area contributed by atoms with Crippen LogP contribution >= 0.6 is 0 Å². The first-order chi connectivity index (χ1) is 10.4. The molecule has 4 rings (SSSR count). The number of nitrogens with zero attached hydrogens (tertiary/aromatic N) is 2. The van der Waals surface area contributed by atoms with E-state index in [1.165, 1.54) is 66.5 Å². The highest BCUT2D eigenvalue weighted by Crippen LogP contribution is 2.37. The first-order valence-electron chi connectivity index (χ1n) is 7.75. The Kier molecular flexibility index (Phi) is 3.02. The number of rotatable bonds is 4. The molecule has 0 atom stereocenters. The molecule has 1 aromatic heterocycles. The minimum Gasteiger partial charge on any atom is -0.353 e. The molecule has 0 radical (unpaired) electrons. The van der Waals surface area contributed by atoms with Crippen LogP contribution in [0, 0.1) is 0 Å². The number of aromatic nitrogens is 2. The third kappa shape index (κ3) is 2.06. The van der Waals surface area contributed by atoms with Crippen LogP contribution in [-0.4, -0.2) is 16.2 Å². The van der Waals surface area contributed by atoms with Gasteiger partial charge in [-0.1, -0.05) is 6.07 Å². The lowest BCUT2D eigenvalue weighted by Crippen LogP contribution is -2.11. The van der Waals surface area contributed by atoms with Crippen LogP contribution in [0.2, 0.25) is 0 Å². The zero-order chi connectivity index (χ0) is 14.2. The SMILES string of the molecule is O=CNCc1ccn(-c2c3c(cc4c2CCC4)CCC3)n1. The molecule has 4 heteroatoms. The average molecular weight is 281 g/mol. The van der Waals surface area contributed by atoms with Crippen LogP contribution in [0.3, 0.4) is 0 Å². The van der Waals surface area contributed by atoms with Crippen molar-refractivity contribution >= 4 is 6.41 Å². The Hall–Kier alpha value is -2.10. The second-order valence-electron chi connectivity index (χ2n) is 5.96. The largest absolute Gasteiger partial charge is 0.353 e. The lowest BCUT2D eigenvalue weighted by Gasteiger charge is -2.15. The maximum atomic E-state index is 10.4. The van der Waals surface area contributed by atoms with Crippen LogP contribution in [0.25, 0.3) is 5.69 Å². The van der Waals surface area contributed by atoms with E-state index in [2.05, 4.69) is 16.5 Å². The summed E-state index contributed by atoms with van der Waals surface area (Å²) < 4.78 is 2.04. The van der Waals surface area contributed by atoms with E-state index in [0.29, 0.717) is 6.54 Å². The molecule has 0 unspecified atom stereocenters. The molecule has 0 saturated carbocycles. The van der Waals surface area contributed by atoms with Gasteiger partial charge < -0.3 is 5.32 Å². The first kappa shape index (κ1) is 12.6. The highest BCUT2D eigenvalue weighted by Gasteiger charge is 2.25. The third-order valence-electron chi connectivity index (χ3n) is 4.68. The molecule has 0 spiro atoms. The minimum atomic E-state index is 0.494. The molecule has 108 valence electrons. The number of carbonyl (C=O) groups excluding carboxylic acids is 1. The van der Waals surface area contributed by atoms with Gasteiger partial charge in [-0.05, 0) is 66.8 Å². The molecule has 0 aliphatic heterocycles. The highest BCUT2D eigenvalue weighted by atomic mass is 16.1. The summed E-state index contributed by atoms with van der Waals surface area (Å²) in [4.78, 5) is 10.4. The zero-order valence-electron chi connectivity index (χ0n) is 12.1. The summed E-state index contributed by atoms with van der Waals surface area (Å²) in [6.45, 7) is 0.494. The molecule has 4 nitrogen and oxygen atoms in total. The Morgan fingerprint density at radius 3 is 2.52 bits per heavy atom. The van der Waals surface area contributed by atoms with E-state index in [1.54, 1.807) is 0 Å².